The summed E-state index contributed by atoms with van der Waals surface area (Å²) in [4.78, 5) is 15.3. The lowest BCUT2D eigenvalue weighted by Crippen LogP contribution is -2.50. The van der Waals surface area contributed by atoms with Crippen LogP contribution in [0, 0.1) is 0 Å². The lowest BCUT2D eigenvalue weighted by Gasteiger charge is -2.33. The molecule has 2 saturated heterocycles. The van der Waals surface area contributed by atoms with Crippen LogP contribution < -0.4 is 5.32 Å². The quantitative estimate of drug-likeness (QED) is 0.503. The SMILES string of the molecule is CN1CCN2C(=O)NCC2C1. The Kier molecular flexibility index (Phi) is 1.49. The molecule has 4 heteroatoms. The van der Waals surface area contributed by atoms with Crippen LogP contribution in [-0.4, -0.2) is 55.1 Å². The van der Waals surface area contributed by atoms with E-state index < -0.39 is 0 Å². The number of amides is 2. The molecule has 11 heavy (non-hydrogen) atoms. The van der Waals surface area contributed by atoms with Gasteiger partial charge in [0.1, 0.15) is 0 Å². The van der Waals surface area contributed by atoms with E-state index in [2.05, 4.69) is 17.3 Å². The average Bonchev–Trinajstić information content (AvgIpc) is 2.32. The molecule has 2 fully saturated rings. The number of likely N-dealkylation sites (N-methyl/N-ethyl adjacent to an activating group) is 1. The molecule has 0 aromatic heterocycles. The maximum atomic E-state index is 11.1. The molecular weight excluding hydrogens is 142 g/mol. The third-order valence-electron chi connectivity index (χ3n) is 2.44. The molecule has 0 aliphatic carbocycles. The molecule has 0 spiro atoms. The molecule has 1 unspecified atom stereocenters. The van der Waals surface area contributed by atoms with E-state index >= 15 is 0 Å². The monoisotopic (exact) mass is 155 g/mol. The molecular formula is C7H13N3O. The predicted octanol–water partition coefficient (Wildman–Crippen LogP) is -0.674. The first-order valence-corrected chi connectivity index (χ1v) is 4.00. The molecule has 0 aromatic carbocycles. The Morgan fingerprint density at radius 3 is 3.18 bits per heavy atom. The second kappa shape index (κ2) is 2.37. The zero-order chi connectivity index (χ0) is 7.84. The normalized spacial score (nSPS) is 31.9. The van der Waals surface area contributed by atoms with Gasteiger partial charge >= 0.3 is 6.03 Å². The molecule has 0 saturated carbocycles. The first kappa shape index (κ1) is 6.91. The molecule has 0 aromatic rings. The van der Waals surface area contributed by atoms with Gasteiger partial charge in [-0.1, -0.05) is 0 Å². The molecule has 0 bridgehead atoms. The van der Waals surface area contributed by atoms with Crippen molar-refractivity contribution in [3.05, 3.63) is 0 Å². The summed E-state index contributed by atoms with van der Waals surface area (Å²) in [6.07, 6.45) is 0. The fraction of sp³-hybridized carbons (Fsp3) is 0.857. The van der Waals surface area contributed by atoms with Gasteiger partial charge < -0.3 is 15.1 Å². The molecule has 62 valence electrons. The Hall–Kier alpha value is -0.770. The Bertz CT molecular complexity index is 183. The largest absolute Gasteiger partial charge is 0.336 e. The first-order chi connectivity index (χ1) is 5.27. The van der Waals surface area contributed by atoms with Gasteiger partial charge in [0.25, 0.3) is 0 Å². The fourth-order valence-corrected chi connectivity index (χ4v) is 1.76. The van der Waals surface area contributed by atoms with Crippen LogP contribution in [0.1, 0.15) is 0 Å². The van der Waals surface area contributed by atoms with E-state index in [1.54, 1.807) is 0 Å². The Morgan fingerprint density at radius 2 is 2.36 bits per heavy atom. The summed E-state index contributed by atoms with van der Waals surface area (Å²) in [7, 11) is 2.10. The number of piperazine rings is 1. The van der Waals surface area contributed by atoms with Crippen molar-refractivity contribution in [2.75, 3.05) is 33.2 Å². The third kappa shape index (κ3) is 1.07. The van der Waals surface area contributed by atoms with Gasteiger partial charge in [-0.2, -0.15) is 0 Å². The van der Waals surface area contributed by atoms with Crippen LogP contribution in [0.4, 0.5) is 4.79 Å². The van der Waals surface area contributed by atoms with Crippen LogP contribution in [0.15, 0.2) is 0 Å². The van der Waals surface area contributed by atoms with E-state index in [0.717, 1.165) is 26.2 Å². The van der Waals surface area contributed by atoms with Crippen LogP contribution in [-0.2, 0) is 0 Å². The number of carbonyl (C=O) groups excluding carboxylic acids is 1. The third-order valence-corrected chi connectivity index (χ3v) is 2.44. The van der Waals surface area contributed by atoms with Crippen LogP contribution >= 0.6 is 0 Å². The number of nitrogens with zero attached hydrogens (tertiary/aromatic N) is 2. The summed E-state index contributed by atoms with van der Waals surface area (Å²) in [6.45, 7) is 3.72. The highest BCUT2D eigenvalue weighted by Gasteiger charge is 2.33. The smallest absolute Gasteiger partial charge is 0.317 e. The topological polar surface area (TPSA) is 35.6 Å². The highest BCUT2D eigenvalue weighted by atomic mass is 16.2. The van der Waals surface area contributed by atoms with Crippen molar-refractivity contribution < 1.29 is 4.79 Å². The van der Waals surface area contributed by atoms with Gasteiger partial charge in [0.05, 0.1) is 6.04 Å². The molecule has 2 rings (SSSR count). The number of rotatable bonds is 0. The molecule has 2 heterocycles. The van der Waals surface area contributed by atoms with E-state index in [4.69, 9.17) is 0 Å². The van der Waals surface area contributed by atoms with E-state index in [1.165, 1.54) is 0 Å². The summed E-state index contributed by atoms with van der Waals surface area (Å²) in [5.74, 6) is 0. The number of nitrogens with one attached hydrogen (secondary N) is 1. The molecule has 0 radical (unpaired) electrons. The van der Waals surface area contributed by atoms with Crippen molar-refractivity contribution >= 4 is 6.03 Å². The van der Waals surface area contributed by atoms with E-state index in [9.17, 15) is 4.79 Å². The van der Waals surface area contributed by atoms with Gasteiger partial charge in [-0.25, -0.2) is 4.79 Å². The number of hydrogen-bond donors (Lipinski definition) is 1. The fourth-order valence-electron chi connectivity index (χ4n) is 1.76. The van der Waals surface area contributed by atoms with Gasteiger partial charge in [0, 0.05) is 26.2 Å². The van der Waals surface area contributed by atoms with Crippen LogP contribution in [0.3, 0.4) is 0 Å². The minimum atomic E-state index is 0.114. The Morgan fingerprint density at radius 1 is 1.55 bits per heavy atom. The average molecular weight is 155 g/mol. The number of fused-ring (bicyclic) bond motifs is 1. The van der Waals surface area contributed by atoms with Crippen molar-refractivity contribution in [3.8, 4) is 0 Å². The minimum Gasteiger partial charge on any atom is -0.336 e. The Balaban J connectivity index is 2.06. The zero-order valence-electron chi connectivity index (χ0n) is 6.71. The van der Waals surface area contributed by atoms with E-state index in [0.29, 0.717) is 6.04 Å². The van der Waals surface area contributed by atoms with E-state index in [1.807, 2.05) is 4.90 Å². The molecule has 2 aliphatic rings. The van der Waals surface area contributed by atoms with Gasteiger partial charge in [0.15, 0.2) is 0 Å². The highest BCUT2D eigenvalue weighted by molar-refractivity contribution is 5.77. The van der Waals surface area contributed by atoms with Crippen LogP contribution in [0.5, 0.6) is 0 Å². The van der Waals surface area contributed by atoms with Crippen molar-refractivity contribution in [1.82, 2.24) is 15.1 Å². The summed E-state index contributed by atoms with van der Waals surface area (Å²) in [5.41, 5.74) is 0. The summed E-state index contributed by atoms with van der Waals surface area (Å²) in [5, 5.41) is 2.84. The second-order valence-electron chi connectivity index (χ2n) is 3.30. The van der Waals surface area contributed by atoms with Crippen molar-refractivity contribution in [3.63, 3.8) is 0 Å². The van der Waals surface area contributed by atoms with Gasteiger partial charge in [0.2, 0.25) is 0 Å². The number of hydrogen-bond acceptors (Lipinski definition) is 2. The van der Waals surface area contributed by atoms with Crippen molar-refractivity contribution in [1.29, 1.82) is 0 Å². The predicted molar refractivity (Wildman–Crippen MR) is 41.4 cm³/mol. The lowest BCUT2D eigenvalue weighted by atomic mass is 10.2. The highest BCUT2D eigenvalue weighted by Crippen LogP contribution is 2.12. The molecule has 1 atom stereocenters. The van der Waals surface area contributed by atoms with E-state index in [-0.39, 0.29) is 6.03 Å². The first-order valence-electron chi connectivity index (χ1n) is 4.00. The van der Waals surface area contributed by atoms with Crippen LogP contribution in [0.25, 0.3) is 0 Å². The van der Waals surface area contributed by atoms with Gasteiger partial charge in [-0.3, -0.25) is 0 Å². The summed E-state index contributed by atoms with van der Waals surface area (Å²) < 4.78 is 0. The minimum absolute atomic E-state index is 0.114. The van der Waals surface area contributed by atoms with Crippen molar-refractivity contribution in [2.45, 2.75) is 6.04 Å². The molecule has 4 nitrogen and oxygen atoms in total. The maximum absolute atomic E-state index is 11.1. The number of urea groups is 1. The van der Waals surface area contributed by atoms with Crippen LogP contribution in [0.2, 0.25) is 0 Å². The zero-order valence-corrected chi connectivity index (χ0v) is 6.71. The number of carbonyl (C=O) groups is 1. The van der Waals surface area contributed by atoms with Gasteiger partial charge in [-0.05, 0) is 7.05 Å². The molecule has 2 amide bonds. The maximum Gasteiger partial charge on any atom is 0.317 e. The standard InChI is InChI=1S/C7H13N3O/c1-9-2-3-10-6(5-9)4-8-7(10)11/h6H,2-5H2,1H3,(H,8,11). The summed E-state index contributed by atoms with van der Waals surface area (Å²) >= 11 is 0. The Labute approximate surface area is 66.1 Å². The molecule has 1 N–H and O–H groups in total. The second-order valence-corrected chi connectivity index (χ2v) is 3.30. The summed E-state index contributed by atoms with van der Waals surface area (Å²) in [6, 6.07) is 0.532. The molecule has 2 aliphatic heterocycles. The lowest BCUT2D eigenvalue weighted by molar-refractivity contribution is 0.139. The van der Waals surface area contributed by atoms with Gasteiger partial charge in [-0.15, -0.1) is 0 Å². The van der Waals surface area contributed by atoms with Crippen molar-refractivity contribution in [2.24, 2.45) is 0 Å².